The van der Waals surface area contributed by atoms with Gasteiger partial charge < -0.3 is 15.1 Å². The number of amides is 1. The van der Waals surface area contributed by atoms with E-state index in [1.807, 2.05) is 6.07 Å². The summed E-state index contributed by atoms with van der Waals surface area (Å²) >= 11 is 0. The average molecular weight is 278 g/mol. The number of carbonyl (C=O) groups is 1. The zero-order valence-electron chi connectivity index (χ0n) is 12.6. The molecule has 4 nitrogen and oxygen atoms in total. The van der Waals surface area contributed by atoms with Crippen LogP contribution in [0.1, 0.15) is 62.8 Å². The number of nitrogens with one attached hydrogen (secondary N) is 2. The van der Waals surface area contributed by atoms with E-state index in [0.717, 1.165) is 30.6 Å². The highest BCUT2D eigenvalue weighted by molar-refractivity contribution is 5.83. The van der Waals surface area contributed by atoms with Crippen molar-refractivity contribution in [1.29, 1.82) is 0 Å². The number of hydrogen-bond acceptors (Lipinski definition) is 3. The van der Waals surface area contributed by atoms with Crippen LogP contribution in [-0.2, 0) is 11.2 Å². The van der Waals surface area contributed by atoms with Gasteiger partial charge in [0, 0.05) is 6.04 Å². The molecule has 4 heteroatoms. The lowest BCUT2D eigenvalue weighted by Crippen LogP contribution is -2.41. The minimum Gasteiger partial charge on any atom is -0.467 e. The smallest absolute Gasteiger partial charge is 0.245 e. The molecule has 1 aromatic rings. The molecule has 1 atom stereocenters. The van der Waals surface area contributed by atoms with Gasteiger partial charge in [-0.2, -0.15) is 0 Å². The van der Waals surface area contributed by atoms with Crippen molar-refractivity contribution in [3.63, 3.8) is 0 Å². The third-order valence-electron chi connectivity index (χ3n) is 4.18. The topological polar surface area (TPSA) is 54.3 Å². The molecule has 1 heterocycles. The first-order chi connectivity index (χ1) is 9.76. The van der Waals surface area contributed by atoms with Crippen molar-refractivity contribution in [3.05, 3.63) is 23.7 Å². The predicted molar refractivity (Wildman–Crippen MR) is 79.5 cm³/mol. The molecule has 0 spiro atoms. The summed E-state index contributed by atoms with van der Waals surface area (Å²) in [6.45, 7) is 2.07. The summed E-state index contributed by atoms with van der Waals surface area (Å²) in [5.41, 5.74) is 1.10. The molecule has 1 saturated carbocycles. The number of carbonyl (C=O) groups excluding carboxylic acids is 1. The van der Waals surface area contributed by atoms with Gasteiger partial charge in [-0.25, -0.2) is 0 Å². The summed E-state index contributed by atoms with van der Waals surface area (Å²) in [4.78, 5) is 12.5. The summed E-state index contributed by atoms with van der Waals surface area (Å²) in [6.07, 6.45) is 9.76. The molecule has 0 aliphatic heterocycles. The van der Waals surface area contributed by atoms with Crippen LogP contribution in [0.3, 0.4) is 0 Å². The summed E-state index contributed by atoms with van der Waals surface area (Å²) in [5.74, 6) is 0.783. The first-order valence-corrected chi connectivity index (χ1v) is 7.80. The van der Waals surface area contributed by atoms with Crippen LogP contribution in [0.25, 0.3) is 0 Å². The van der Waals surface area contributed by atoms with Crippen molar-refractivity contribution in [2.24, 2.45) is 0 Å². The van der Waals surface area contributed by atoms with Crippen molar-refractivity contribution in [2.75, 3.05) is 7.05 Å². The minimum atomic E-state index is -0.386. The minimum absolute atomic E-state index is 0.0315. The van der Waals surface area contributed by atoms with Gasteiger partial charge in [-0.1, -0.05) is 32.6 Å². The maximum atomic E-state index is 12.5. The first-order valence-electron chi connectivity index (χ1n) is 7.80. The van der Waals surface area contributed by atoms with Gasteiger partial charge in [-0.05, 0) is 37.9 Å². The Labute approximate surface area is 121 Å². The normalized spacial score (nSPS) is 18.5. The summed E-state index contributed by atoms with van der Waals surface area (Å²) in [6, 6.07) is 1.88. The van der Waals surface area contributed by atoms with Crippen LogP contribution in [-0.4, -0.2) is 19.0 Å². The lowest BCUT2D eigenvalue weighted by Gasteiger charge is -2.21. The fourth-order valence-corrected chi connectivity index (χ4v) is 2.98. The Bertz CT molecular complexity index is 420. The van der Waals surface area contributed by atoms with E-state index < -0.39 is 0 Å². The quantitative estimate of drug-likeness (QED) is 0.814. The molecule has 1 aliphatic rings. The Kier molecular flexibility index (Phi) is 5.65. The van der Waals surface area contributed by atoms with Crippen LogP contribution in [0.2, 0.25) is 0 Å². The number of rotatable bonds is 5. The van der Waals surface area contributed by atoms with Crippen LogP contribution in [0.15, 0.2) is 16.7 Å². The fraction of sp³-hybridized carbons (Fsp3) is 0.688. The van der Waals surface area contributed by atoms with Crippen LogP contribution in [0.4, 0.5) is 0 Å². The van der Waals surface area contributed by atoms with E-state index in [1.54, 1.807) is 13.3 Å². The molecule has 0 aromatic carbocycles. The van der Waals surface area contributed by atoms with Crippen LogP contribution < -0.4 is 10.6 Å². The number of aryl methyl sites for hydroxylation is 1. The van der Waals surface area contributed by atoms with Gasteiger partial charge >= 0.3 is 0 Å². The SMILES string of the molecule is CCc1ccoc1C(NC)C(=O)NC1CCCCCC1. The number of hydrogen-bond donors (Lipinski definition) is 2. The molecule has 1 unspecified atom stereocenters. The second kappa shape index (κ2) is 7.48. The van der Waals surface area contributed by atoms with Crippen molar-refractivity contribution >= 4 is 5.91 Å². The monoisotopic (exact) mass is 278 g/mol. The van der Waals surface area contributed by atoms with Crippen LogP contribution in [0.5, 0.6) is 0 Å². The zero-order chi connectivity index (χ0) is 14.4. The molecule has 2 N–H and O–H groups in total. The molecule has 0 radical (unpaired) electrons. The highest BCUT2D eigenvalue weighted by Crippen LogP contribution is 2.22. The molecule has 0 saturated heterocycles. The van der Waals surface area contributed by atoms with E-state index in [2.05, 4.69) is 17.6 Å². The standard InChI is InChI=1S/C16H26N2O2/c1-3-12-10-11-20-15(12)14(17-2)16(19)18-13-8-6-4-5-7-9-13/h10-11,13-14,17H,3-9H2,1-2H3,(H,18,19). The third-order valence-corrected chi connectivity index (χ3v) is 4.18. The van der Waals surface area contributed by atoms with E-state index in [9.17, 15) is 4.79 Å². The highest BCUT2D eigenvalue weighted by atomic mass is 16.3. The fourth-order valence-electron chi connectivity index (χ4n) is 2.98. The van der Waals surface area contributed by atoms with Crippen LogP contribution >= 0.6 is 0 Å². The van der Waals surface area contributed by atoms with Gasteiger partial charge in [0.05, 0.1) is 6.26 Å². The van der Waals surface area contributed by atoms with Crippen molar-refractivity contribution in [2.45, 2.75) is 64.0 Å². The molecule has 112 valence electrons. The van der Waals surface area contributed by atoms with E-state index in [0.29, 0.717) is 6.04 Å². The van der Waals surface area contributed by atoms with Crippen molar-refractivity contribution < 1.29 is 9.21 Å². The summed E-state index contributed by atoms with van der Waals surface area (Å²) in [5, 5.41) is 6.27. The summed E-state index contributed by atoms with van der Waals surface area (Å²) in [7, 11) is 1.80. The Morgan fingerprint density at radius 1 is 1.35 bits per heavy atom. The van der Waals surface area contributed by atoms with Gasteiger partial charge in [0.15, 0.2) is 0 Å². The lowest BCUT2D eigenvalue weighted by atomic mass is 10.1. The Hall–Kier alpha value is -1.29. The summed E-state index contributed by atoms with van der Waals surface area (Å²) < 4.78 is 5.52. The number of furan rings is 1. The van der Waals surface area contributed by atoms with Crippen molar-refractivity contribution in [3.8, 4) is 0 Å². The molecule has 1 fully saturated rings. The largest absolute Gasteiger partial charge is 0.467 e. The third kappa shape index (κ3) is 3.63. The molecule has 1 amide bonds. The molecule has 1 aromatic heterocycles. The second-order valence-electron chi connectivity index (χ2n) is 5.58. The van der Waals surface area contributed by atoms with E-state index in [1.165, 1.54) is 25.7 Å². The van der Waals surface area contributed by atoms with Gasteiger partial charge in [0.1, 0.15) is 11.8 Å². The maximum absolute atomic E-state index is 12.5. The average Bonchev–Trinajstić information content (AvgIpc) is 2.76. The first kappa shape index (κ1) is 15.1. The molecular weight excluding hydrogens is 252 g/mol. The molecule has 20 heavy (non-hydrogen) atoms. The van der Waals surface area contributed by atoms with Gasteiger partial charge in [-0.15, -0.1) is 0 Å². The lowest BCUT2D eigenvalue weighted by molar-refractivity contribution is -0.124. The highest BCUT2D eigenvalue weighted by Gasteiger charge is 2.26. The van der Waals surface area contributed by atoms with Crippen LogP contribution in [0, 0.1) is 0 Å². The second-order valence-corrected chi connectivity index (χ2v) is 5.58. The Morgan fingerprint density at radius 2 is 2.05 bits per heavy atom. The Balaban J connectivity index is 2.01. The molecule has 2 rings (SSSR count). The van der Waals surface area contributed by atoms with E-state index in [4.69, 9.17) is 4.42 Å². The zero-order valence-corrected chi connectivity index (χ0v) is 12.6. The van der Waals surface area contributed by atoms with E-state index in [-0.39, 0.29) is 11.9 Å². The Morgan fingerprint density at radius 3 is 2.65 bits per heavy atom. The van der Waals surface area contributed by atoms with Crippen molar-refractivity contribution in [1.82, 2.24) is 10.6 Å². The van der Waals surface area contributed by atoms with Gasteiger partial charge in [-0.3, -0.25) is 4.79 Å². The number of likely N-dealkylation sites (N-methyl/N-ethyl adjacent to an activating group) is 1. The van der Waals surface area contributed by atoms with Gasteiger partial charge in [0.2, 0.25) is 5.91 Å². The molecular formula is C16H26N2O2. The van der Waals surface area contributed by atoms with Gasteiger partial charge in [0.25, 0.3) is 0 Å². The molecule has 0 bridgehead atoms. The predicted octanol–water partition coefficient (Wildman–Crippen LogP) is 2.94. The molecule has 1 aliphatic carbocycles. The maximum Gasteiger partial charge on any atom is 0.245 e. The van der Waals surface area contributed by atoms with E-state index >= 15 is 0 Å².